The van der Waals surface area contributed by atoms with Gasteiger partial charge in [0.2, 0.25) is 0 Å². The van der Waals surface area contributed by atoms with E-state index < -0.39 is 17.2 Å². The largest absolute Gasteiger partial charge is 0.497 e. The molecule has 0 fully saturated rings. The summed E-state index contributed by atoms with van der Waals surface area (Å²) in [6.07, 6.45) is 0. The number of fused-ring (bicyclic) bond motifs is 1. The van der Waals surface area contributed by atoms with Crippen LogP contribution >= 0.6 is 11.8 Å². The second-order valence-electron chi connectivity index (χ2n) is 6.52. The number of benzene rings is 3. The highest BCUT2D eigenvalue weighted by Gasteiger charge is 2.16. The van der Waals surface area contributed by atoms with Crippen LogP contribution in [0.2, 0.25) is 0 Å². The molecule has 0 aliphatic carbocycles. The van der Waals surface area contributed by atoms with Crippen LogP contribution in [-0.4, -0.2) is 29.0 Å². The van der Waals surface area contributed by atoms with Gasteiger partial charge < -0.3 is 9.47 Å². The Kier molecular flexibility index (Phi) is 6.18. The summed E-state index contributed by atoms with van der Waals surface area (Å²) in [6.45, 7) is 0.339. The number of methoxy groups -OCH3 is 1. The van der Waals surface area contributed by atoms with Crippen LogP contribution in [0.4, 0.5) is 8.78 Å². The highest BCUT2D eigenvalue weighted by molar-refractivity contribution is 7.99. The molecule has 0 bridgehead atoms. The molecule has 1 heterocycles. The maximum Gasteiger partial charge on any atom is 0.266 e. The predicted octanol–water partition coefficient (Wildman–Crippen LogP) is 4.84. The van der Waals surface area contributed by atoms with Crippen molar-refractivity contribution in [1.82, 2.24) is 9.55 Å². The summed E-state index contributed by atoms with van der Waals surface area (Å²) < 4.78 is 39.9. The minimum atomic E-state index is -0.837. The number of halogens is 2. The van der Waals surface area contributed by atoms with Gasteiger partial charge in [0.25, 0.3) is 5.56 Å². The van der Waals surface area contributed by atoms with Crippen molar-refractivity contribution in [1.29, 1.82) is 0 Å². The van der Waals surface area contributed by atoms with Gasteiger partial charge in [0.1, 0.15) is 23.1 Å². The number of nitrogens with zero attached hydrogens (tertiary/aromatic N) is 2. The van der Waals surface area contributed by atoms with Crippen molar-refractivity contribution in [2.75, 3.05) is 19.5 Å². The molecule has 4 aromatic rings. The molecule has 0 N–H and O–H groups in total. The van der Waals surface area contributed by atoms with Crippen LogP contribution in [0.3, 0.4) is 0 Å². The topological polar surface area (TPSA) is 53.4 Å². The lowest BCUT2D eigenvalue weighted by molar-refractivity contribution is 0.342. The zero-order valence-electron chi connectivity index (χ0n) is 16.5. The fraction of sp³-hybridized carbons (Fsp3) is 0.130. The fourth-order valence-corrected chi connectivity index (χ4v) is 3.87. The Morgan fingerprint density at radius 3 is 2.48 bits per heavy atom. The predicted molar refractivity (Wildman–Crippen MR) is 116 cm³/mol. The number of thioether (sulfide) groups is 1. The fourth-order valence-electron chi connectivity index (χ4n) is 3.05. The van der Waals surface area contributed by atoms with Gasteiger partial charge in [-0.1, -0.05) is 23.9 Å². The van der Waals surface area contributed by atoms with Crippen LogP contribution in [0.1, 0.15) is 0 Å². The van der Waals surface area contributed by atoms with E-state index in [0.29, 0.717) is 34.2 Å². The lowest BCUT2D eigenvalue weighted by atomic mass is 10.2. The molecule has 0 saturated carbocycles. The Labute approximate surface area is 181 Å². The molecule has 0 aliphatic heterocycles. The van der Waals surface area contributed by atoms with E-state index in [0.717, 1.165) is 17.9 Å². The third kappa shape index (κ3) is 4.54. The van der Waals surface area contributed by atoms with Gasteiger partial charge >= 0.3 is 0 Å². The second kappa shape index (κ2) is 9.18. The van der Waals surface area contributed by atoms with E-state index in [1.165, 1.54) is 22.4 Å². The first-order chi connectivity index (χ1) is 15.1. The van der Waals surface area contributed by atoms with Gasteiger partial charge in [0.15, 0.2) is 5.16 Å². The van der Waals surface area contributed by atoms with Crippen molar-refractivity contribution in [2.24, 2.45) is 0 Å². The van der Waals surface area contributed by atoms with Gasteiger partial charge in [-0.25, -0.2) is 13.8 Å². The van der Waals surface area contributed by atoms with Gasteiger partial charge in [-0.2, -0.15) is 0 Å². The zero-order valence-corrected chi connectivity index (χ0v) is 17.4. The van der Waals surface area contributed by atoms with E-state index in [1.54, 1.807) is 55.6 Å². The molecule has 0 spiro atoms. The molecule has 0 radical (unpaired) electrons. The Bertz CT molecular complexity index is 1280. The summed E-state index contributed by atoms with van der Waals surface area (Å²) in [5.74, 6) is 0.308. The highest BCUT2D eigenvalue weighted by atomic mass is 32.2. The van der Waals surface area contributed by atoms with Crippen LogP contribution in [0.5, 0.6) is 11.5 Å². The van der Waals surface area contributed by atoms with Crippen LogP contribution in [0, 0.1) is 11.6 Å². The minimum Gasteiger partial charge on any atom is -0.497 e. The van der Waals surface area contributed by atoms with E-state index in [-0.39, 0.29) is 5.69 Å². The third-order valence-corrected chi connectivity index (χ3v) is 5.44. The van der Waals surface area contributed by atoms with E-state index in [2.05, 4.69) is 4.98 Å². The molecular formula is C23H18F2N2O3S. The summed E-state index contributed by atoms with van der Waals surface area (Å²) in [5.41, 5.74) is 0.0303. The number of ether oxygens (including phenoxy) is 2. The Morgan fingerprint density at radius 1 is 1.00 bits per heavy atom. The van der Waals surface area contributed by atoms with E-state index in [1.807, 2.05) is 0 Å². The lowest BCUT2D eigenvalue weighted by Crippen LogP contribution is -2.23. The van der Waals surface area contributed by atoms with Crippen LogP contribution in [0.25, 0.3) is 16.6 Å². The van der Waals surface area contributed by atoms with E-state index >= 15 is 0 Å². The van der Waals surface area contributed by atoms with Crippen molar-refractivity contribution in [3.05, 3.63) is 88.7 Å². The quantitative estimate of drug-likeness (QED) is 0.234. The van der Waals surface area contributed by atoms with Crippen LogP contribution in [-0.2, 0) is 0 Å². The average molecular weight is 440 g/mol. The molecule has 0 unspecified atom stereocenters. The standard InChI is InChI=1S/C23H18F2N2O3S/c1-29-16-7-9-17(10-8-16)30-12-13-31-23-26-20-5-3-2-4-18(20)22(28)27(23)21-11-6-15(24)14-19(21)25/h2-11,14H,12-13H2,1H3. The first kappa shape index (κ1) is 20.9. The van der Waals surface area contributed by atoms with Gasteiger partial charge in [-0.15, -0.1) is 0 Å². The smallest absolute Gasteiger partial charge is 0.266 e. The Balaban J connectivity index is 1.62. The number of para-hydroxylation sites is 1. The first-order valence-corrected chi connectivity index (χ1v) is 10.4. The summed E-state index contributed by atoms with van der Waals surface area (Å²) in [4.78, 5) is 17.6. The summed E-state index contributed by atoms with van der Waals surface area (Å²) >= 11 is 1.25. The molecule has 3 aromatic carbocycles. The van der Waals surface area contributed by atoms with Crippen molar-refractivity contribution in [3.63, 3.8) is 0 Å². The molecule has 0 atom stereocenters. The molecule has 5 nitrogen and oxygen atoms in total. The summed E-state index contributed by atoms with van der Waals surface area (Å²) in [6, 6.07) is 17.1. The third-order valence-electron chi connectivity index (χ3n) is 4.54. The Hall–Kier alpha value is -3.39. The number of hydrogen-bond donors (Lipinski definition) is 0. The van der Waals surface area contributed by atoms with Gasteiger partial charge in [-0.05, 0) is 48.5 Å². The van der Waals surface area contributed by atoms with Crippen LogP contribution in [0.15, 0.2) is 76.7 Å². The molecule has 0 aliphatic rings. The lowest BCUT2D eigenvalue weighted by Gasteiger charge is -2.14. The Morgan fingerprint density at radius 2 is 1.74 bits per heavy atom. The maximum absolute atomic E-state index is 14.5. The zero-order chi connectivity index (χ0) is 21.8. The van der Waals surface area contributed by atoms with Gasteiger partial charge in [-0.3, -0.25) is 9.36 Å². The second-order valence-corrected chi connectivity index (χ2v) is 7.58. The van der Waals surface area contributed by atoms with Gasteiger partial charge in [0, 0.05) is 11.8 Å². The van der Waals surface area contributed by atoms with Crippen LogP contribution < -0.4 is 15.0 Å². The minimum absolute atomic E-state index is 0.0526. The molecule has 1 aromatic heterocycles. The first-order valence-electron chi connectivity index (χ1n) is 9.43. The number of rotatable bonds is 7. The van der Waals surface area contributed by atoms with E-state index in [4.69, 9.17) is 9.47 Å². The summed E-state index contributed by atoms with van der Waals surface area (Å²) in [7, 11) is 1.59. The number of aromatic nitrogens is 2. The molecule has 8 heteroatoms. The molecular weight excluding hydrogens is 422 g/mol. The normalized spacial score (nSPS) is 10.9. The molecule has 4 rings (SSSR count). The maximum atomic E-state index is 14.5. The highest BCUT2D eigenvalue weighted by Crippen LogP contribution is 2.24. The van der Waals surface area contributed by atoms with Crippen molar-refractivity contribution in [2.45, 2.75) is 5.16 Å². The molecule has 158 valence electrons. The van der Waals surface area contributed by atoms with Crippen molar-refractivity contribution in [3.8, 4) is 17.2 Å². The molecule has 0 saturated heterocycles. The van der Waals surface area contributed by atoms with Crippen molar-refractivity contribution >= 4 is 22.7 Å². The van der Waals surface area contributed by atoms with Crippen molar-refractivity contribution < 1.29 is 18.3 Å². The monoisotopic (exact) mass is 440 g/mol. The van der Waals surface area contributed by atoms with Gasteiger partial charge in [0.05, 0.1) is 30.3 Å². The molecule has 31 heavy (non-hydrogen) atoms. The average Bonchev–Trinajstić information content (AvgIpc) is 2.78. The van der Waals surface area contributed by atoms with E-state index in [9.17, 15) is 13.6 Å². The number of hydrogen-bond acceptors (Lipinski definition) is 5. The summed E-state index contributed by atoms with van der Waals surface area (Å²) in [5, 5.41) is 0.651. The molecule has 0 amide bonds. The SMILES string of the molecule is COc1ccc(OCCSc2nc3ccccc3c(=O)n2-c2ccc(F)cc2F)cc1.